The zero-order chi connectivity index (χ0) is 46.5. The number of pyridine rings is 1. The third-order valence-corrected chi connectivity index (χ3v) is 15.1. The number of carbonyl (C=O) groups is 2. The molecule has 0 spiro atoms. The van der Waals surface area contributed by atoms with Gasteiger partial charge in [0.05, 0.1) is 54.0 Å². The Bertz CT molecular complexity index is 2780. The third kappa shape index (κ3) is 8.18. The third-order valence-electron chi connectivity index (χ3n) is 15.1. The Morgan fingerprint density at radius 1 is 0.879 bits per heavy atom. The van der Waals surface area contributed by atoms with E-state index in [4.69, 9.17) is 14.6 Å². The van der Waals surface area contributed by atoms with Crippen molar-refractivity contribution in [2.75, 3.05) is 33.6 Å². The molecule has 346 valence electrons. The fourth-order valence-corrected chi connectivity index (χ4v) is 10.9. The fraction of sp³-hybridized carbons (Fsp3) is 0.440. The van der Waals surface area contributed by atoms with Crippen molar-refractivity contribution < 1.29 is 38.1 Å². The summed E-state index contributed by atoms with van der Waals surface area (Å²) in [5.74, 6) is -0.830. The van der Waals surface area contributed by atoms with Crippen LogP contribution in [-0.2, 0) is 22.7 Å². The molecule has 0 amide bonds. The number of fused-ring (bicyclic) bond motifs is 5. The Balaban J connectivity index is 0.980. The van der Waals surface area contributed by atoms with Crippen LogP contribution in [0, 0.1) is 18.3 Å². The number of aliphatic carboxylic acids is 2. The van der Waals surface area contributed by atoms with Gasteiger partial charge in [0.25, 0.3) is 6.43 Å². The zero-order valence-electron chi connectivity index (χ0n) is 38.0. The Morgan fingerprint density at radius 2 is 1.55 bits per heavy atom. The van der Waals surface area contributed by atoms with Crippen molar-refractivity contribution in [2.45, 2.75) is 102 Å². The first-order valence-electron chi connectivity index (χ1n) is 22.6. The molecule has 3 aromatic heterocycles. The van der Waals surface area contributed by atoms with Crippen LogP contribution < -0.4 is 14.8 Å². The second kappa shape index (κ2) is 17.9. The van der Waals surface area contributed by atoms with Crippen LogP contribution in [0.2, 0.25) is 0 Å². The van der Waals surface area contributed by atoms with Gasteiger partial charge in [-0.25, -0.2) is 23.4 Å². The molecule has 0 unspecified atom stereocenters. The van der Waals surface area contributed by atoms with E-state index in [-0.39, 0.29) is 23.3 Å². The number of rotatable bonds is 15. The first-order valence-corrected chi connectivity index (χ1v) is 22.6. The number of nitrogens with zero attached hydrogens (tertiary/aromatic N) is 7. The van der Waals surface area contributed by atoms with Gasteiger partial charge in [0.1, 0.15) is 17.0 Å². The van der Waals surface area contributed by atoms with Gasteiger partial charge in [-0.15, -0.1) is 0 Å². The van der Waals surface area contributed by atoms with Gasteiger partial charge in [-0.05, 0) is 126 Å². The van der Waals surface area contributed by atoms with Gasteiger partial charge < -0.3 is 25.0 Å². The van der Waals surface area contributed by atoms with Gasteiger partial charge in [-0.3, -0.25) is 24.4 Å². The molecule has 0 radical (unpaired) electrons. The molecule has 3 aromatic carbocycles. The van der Waals surface area contributed by atoms with Crippen molar-refractivity contribution in [3.05, 3.63) is 89.5 Å². The number of aromatic nitrogens is 5. The number of hydrogen-bond acceptors (Lipinski definition) is 11. The summed E-state index contributed by atoms with van der Waals surface area (Å²) in [6.45, 7) is 3.05. The highest BCUT2D eigenvalue weighted by molar-refractivity contribution is 5.97. The van der Waals surface area contributed by atoms with Crippen molar-refractivity contribution in [2.24, 2.45) is 11.3 Å². The van der Waals surface area contributed by atoms with Crippen LogP contribution in [0.3, 0.4) is 0 Å². The zero-order valence-corrected chi connectivity index (χ0v) is 38.0. The van der Waals surface area contributed by atoms with Crippen LogP contribution >= 0.6 is 0 Å². The predicted octanol–water partition coefficient (Wildman–Crippen LogP) is 9.72. The lowest BCUT2D eigenvalue weighted by atomic mass is 9.57. The second-order valence-electron chi connectivity index (χ2n) is 18.6. The second-order valence-corrected chi connectivity index (χ2v) is 18.6. The number of hydrogen-bond donors (Lipinski definition) is 3. The van der Waals surface area contributed by atoms with E-state index in [0.717, 1.165) is 76.5 Å². The van der Waals surface area contributed by atoms with E-state index >= 15 is 0 Å². The average Bonchev–Trinajstić information content (AvgIpc) is 3.77. The number of anilines is 2. The van der Waals surface area contributed by atoms with E-state index in [1.54, 1.807) is 26.5 Å². The molecule has 0 saturated heterocycles. The van der Waals surface area contributed by atoms with E-state index in [1.165, 1.54) is 0 Å². The number of nitrogens with one attached hydrogen (secondary N) is 1. The van der Waals surface area contributed by atoms with Gasteiger partial charge in [0, 0.05) is 54.1 Å². The molecule has 0 atom stereocenters. The summed E-state index contributed by atoms with van der Waals surface area (Å²) >= 11 is 0. The first-order chi connectivity index (χ1) is 31.7. The molecule has 6 aromatic rings. The average molecular weight is 903 g/mol. The normalized spacial score (nSPS) is 21.8. The standard InChI is InChI=1S/C50H56F2N8O6/c1-29-34(8-6-10-38(29)55-45-43-39(56-46(57-45)44(51)52)22-30(25-53-43)27-58(2)32-14-12-31(13-15-32)47(61)62)35-9-7-11-40-36(35)26-54-60(40)33-23-41(65-4)37(42(24-33)66-5)28-59(3)50-19-16-49(17-20-50,18-21-50)48(63)64/h6-11,22-26,31-32,44H,12-21,27-28H2,1-5H3,(H,61,62)(H,63,64)(H,55,56,57). The summed E-state index contributed by atoms with van der Waals surface area (Å²) in [5.41, 5.74) is 6.68. The number of benzene rings is 3. The highest BCUT2D eigenvalue weighted by Crippen LogP contribution is 2.55. The smallest absolute Gasteiger partial charge is 0.309 e. The van der Waals surface area contributed by atoms with Crippen LogP contribution in [-0.4, -0.2) is 96.6 Å². The Morgan fingerprint density at radius 3 is 2.18 bits per heavy atom. The molecular formula is C50H56F2N8O6. The van der Waals surface area contributed by atoms with Crippen LogP contribution in [0.15, 0.2) is 67.0 Å². The van der Waals surface area contributed by atoms with Crippen molar-refractivity contribution in [3.8, 4) is 28.3 Å². The maximum absolute atomic E-state index is 14.3. The number of halogens is 2. The maximum Gasteiger partial charge on any atom is 0.309 e. The highest BCUT2D eigenvalue weighted by Gasteiger charge is 2.54. The molecule has 16 heteroatoms. The van der Waals surface area contributed by atoms with Crippen LogP contribution in [0.25, 0.3) is 38.8 Å². The predicted molar refractivity (Wildman–Crippen MR) is 247 cm³/mol. The van der Waals surface area contributed by atoms with Gasteiger partial charge in [0.2, 0.25) is 0 Å². The largest absolute Gasteiger partial charge is 0.496 e. The molecule has 4 aliphatic rings. The molecule has 4 aliphatic carbocycles. The van der Waals surface area contributed by atoms with Gasteiger partial charge in [-0.2, -0.15) is 5.10 Å². The van der Waals surface area contributed by atoms with Gasteiger partial charge in [-0.1, -0.05) is 24.3 Å². The summed E-state index contributed by atoms with van der Waals surface area (Å²) in [7, 11) is 7.40. The number of alkyl halides is 2. The number of ether oxygens (including phenoxy) is 2. The minimum atomic E-state index is -2.91. The van der Waals surface area contributed by atoms with E-state index in [0.29, 0.717) is 73.4 Å². The van der Waals surface area contributed by atoms with Crippen molar-refractivity contribution in [1.82, 2.24) is 34.5 Å². The first kappa shape index (κ1) is 44.9. The molecule has 4 saturated carbocycles. The van der Waals surface area contributed by atoms with Crippen LogP contribution in [0.4, 0.5) is 20.3 Å². The highest BCUT2D eigenvalue weighted by atomic mass is 19.3. The lowest BCUT2D eigenvalue weighted by molar-refractivity contribution is -0.160. The van der Waals surface area contributed by atoms with Gasteiger partial charge >= 0.3 is 11.9 Å². The topological polar surface area (TPSA) is 168 Å². The number of carboxylic acids is 2. The SMILES string of the molecule is COc1cc(-n2ncc3c(-c4cccc(Nc5nc(C(F)F)nc6cc(CN(C)C7CCC(C(=O)O)CC7)cnc56)c4C)cccc32)cc(OC)c1CN(C)C12CCC(C(=O)O)(CC1)CC2. The lowest BCUT2D eigenvalue weighted by Crippen LogP contribution is -2.56. The molecule has 4 fully saturated rings. The van der Waals surface area contributed by atoms with Crippen LogP contribution in [0.5, 0.6) is 11.5 Å². The Labute approximate surface area is 382 Å². The van der Waals surface area contributed by atoms with Crippen molar-refractivity contribution >= 4 is 45.4 Å². The van der Waals surface area contributed by atoms with E-state index in [2.05, 4.69) is 37.1 Å². The van der Waals surface area contributed by atoms with Crippen molar-refractivity contribution in [3.63, 3.8) is 0 Å². The Kier molecular flexibility index (Phi) is 12.1. The molecule has 66 heavy (non-hydrogen) atoms. The summed E-state index contributed by atoms with van der Waals surface area (Å²) < 4.78 is 42.5. The fourth-order valence-electron chi connectivity index (χ4n) is 10.9. The summed E-state index contributed by atoms with van der Waals surface area (Å²) in [4.78, 5) is 41.3. The van der Waals surface area contributed by atoms with Crippen molar-refractivity contribution in [1.29, 1.82) is 0 Å². The lowest BCUT2D eigenvalue weighted by Gasteiger charge is -2.55. The van der Waals surface area contributed by atoms with E-state index in [9.17, 15) is 28.6 Å². The quantitative estimate of drug-likeness (QED) is 0.0892. The summed E-state index contributed by atoms with van der Waals surface area (Å²) in [5, 5.41) is 28.5. The van der Waals surface area contributed by atoms with E-state index < -0.39 is 29.6 Å². The minimum absolute atomic E-state index is 0.0745. The molecule has 10 rings (SSSR count). The Hall–Kier alpha value is -6.26. The molecular weight excluding hydrogens is 847 g/mol. The summed E-state index contributed by atoms with van der Waals surface area (Å²) in [6, 6.07) is 17.7. The number of carboxylic acid groups (broad SMARTS) is 2. The minimum Gasteiger partial charge on any atom is -0.496 e. The van der Waals surface area contributed by atoms with Gasteiger partial charge in [0.15, 0.2) is 11.6 Å². The maximum atomic E-state index is 14.3. The molecule has 0 aliphatic heterocycles. The summed E-state index contributed by atoms with van der Waals surface area (Å²) in [6.07, 6.45) is 8.04. The van der Waals surface area contributed by atoms with Crippen LogP contribution in [0.1, 0.15) is 93.1 Å². The van der Waals surface area contributed by atoms with E-state index in [1.807, 2.05) is 73.4 Å². The molecule has 14 nitrogen and oxygen atoms in total. The monoisotopic (exact) mass is 902 g/mol. The number of methoxy groups -OCH3 is 2. The molecule has 3 N–H and O–H groups in total. The molecule has 3 heterocycles. The molecule has 2 bridgehead atoms.